The van der Waals surface area contributed by atoms with Crippen LogP contribution in [0.4, 0.5) is 0 Å². The zero-order chi connectivity index (χ0) is 6.99. The lowest BCUT2D eigenvalue weighted by Crippen LogP contribution is -1.73. The molecule has 0 aromatic carbocycles. The van der Waals surface area contributed by atoms with Gasteiger partial charge in [0.2, 0.25) is 0 Å². The summed E-state index contributed by atoms with van der Waals surface area (Å²) in [5.74, 6) is 0.833. The van der Waals surface area contributed by atoms with Crippen molar-refractivity contribution in [2.45, 2.75) is 50.0 Å². The Morgan fingerprint density at radius 1 is 1.00 bits per heavy atom. The van der Waals surface area contributed by atoms with E-state index in [0.29, 0.717) is 0 Å². The highest BCUT2D eigenvalue weighted by atomic mass is 16.5. The molecule has 0 atom stereocenters. The first-order chi connectivity index (χ1) is 3.65. The second-order valence-electron chi connectivity index (χ2n) is 2.31. The molecule has 76 valence electrons. The van der Waals surface area contributed by atoms with E-state index in [1.807, 2.05) is 6.92 Å². The van der Waals surface area contributed by atoms with Crippen molar-refractivity contribution in [1.29, 1.82) is 0 Å². The van der Waals surface area contributed by atoms with Crippen molar-refractivity contribution in [3.63, 3.8) is 0 Å². The molecule has 0 N–H and O–H groups in total. The van der Waals surface area contributed by atoms with Crippen molar-refractivity contribution >= 4 is 0 Å². The molecule has 0 spiro atoms. The van der Waals surface area contributed by atoms with Gasteiger partial charge >= 0.3 is 0 Å². The molecule has 0 saturated carbocycles. The molecule has 0 aliphatic heterocycles. The molecule has 0 heterocycles. The highest BCUT2D eigenvalue weighted by Crippen LogP contribution is 1.81. The summed E-state index contributed by atoms with van der Waals surface area (Å²) in [6.07, 6.45) is 0. The van der Waals surface area contributed by atoms with Crippen molar-refractivity contribution < 1.29 is 4.74 Å². The fourth-order valence-corrected chi connectivity index (χ4v) is 0. The van der Waals surface area contributed by atoms with E-state index >= 15 is 0 Å². The second kappa shape index (κ2) is 32.5. The quantitative estimate of drug-likeness (QED) is 0.566. The van der Waals surface area contributed by atoms with Crippen molar-refractivity contribution in [3.8, 4) is 0 Å². The Hall–Kier alpha value is -0.0400. The molecule has 1 heteroatoms. The van der Waals surface area contributed by atoms with Gasteiger partial charge in [0, 0.05) is 13.7 Å². The van der Waals surface area contributed by atoms with Crippen molar-refractivity contribution in [2.24, 2.45) is 5.92 Å². The molecule has 1 nitrogen and oxygen atoms in total. The minimum Gasteiger partial charge on any atom is -0.385 e. The first kappa shape index (κ1) is 30.6. The van der Waals surface area contributed by atoms with Gasteiger partial charge in [0.15, 0.2) is 0 Å². The Morgan fingerprint density at radius 2 is 1.09 bits per heavy atom. The summed E-state index contributed by atoms with van der Waals surface area (Å²) in [5, 5.41) is 0. The first-order valence-corrected chi connectivity index (χ1v) is 3.14. The van der Waals surface area contributed by atoms with Crippen molar-refractivity contribution in [1.82, 2.24) is 0 Å². The summed E-state index contributed by atoms with van der Waals surface area (Å²) >= 11 is 0. The fraction of sp³-hybridized carbons (Fsp3) is 1.00. The molecule has 0 amide bonds. The Bertz CT molecular complexity index is 21.3. The molecule has 0 saturated heterocycles. The number of rotatable bonds is 1. The Morgan fingerprint density at radius 3 is 1.09 bits per heavy atom. The van der Waals surface area contributed by atoms with Crippen LogP contribution in [0.25, 0.3) is 0 Å². The van der Waals surface area contributed by atoms with E-state index in [2.05, 4.69) is 25.5 Å². The average molecular weight is 166 g/mol. The van der Waals surface area contributed by atoms with Gasteiger partial charge in [-0.1, -0.05) is 43.1 Å². The van der Waals surface area contributed by atoms with Gasteiger partial charge in [-0.05, 0) is 12.8 Å². The van der Waals surface area contributed by atoms with Crippen LogP contribution >= 0.6 is 0 Å². The lowest BCUT2D eigenvalue weighted by molar-refractivity contribution is 0.215. The monoisotopic (exact) mass is 166 g/mol. The smallest absolute Gasteiger partial charge is 0.0433 e. The maximum Gasteiger partial charge on any atom is 0.0433 e. The third-order valence-electron chi connectivity index (χ3n) is 0.289. The van der Waals surface area contributed by atoms with Gasteiger partial charge in [-0.3, -0.25) is 0 Å². The van der Waals surface area contributed by atoms with Crippen LogP contribution in [0.15, 0.2) is 0 Å². The SMILES string of the molecule is C.C.C.CC(C)C.CCOC. The maximum atomic E-state index is 4.54. The average Bonchev–Trinajstić information content (AvgIpc) is 1.65. The van der Waals surface area contributed by atoms with Gasteiger partial charge in [-0.2, -0.15) is 0 Å². The standard InChI is InChI=1S/C4H10.C3H8O.3CH4/c1-4(2)3;1-3-4-2;;;/h4H,1-3H3;3H2,1-2H3;3*1H4. The van der Waals surface area contributed by atoms with Crippen LogP contribution in [-0.4, -0.2) is 13.7 Å². The van der Waals surface area contributed by atoms with Crippen LogP contribution in [0.3, 0.4) is 0 Å². The lowest BCUT2D eigenvalue weighted by atomic mass is 10.3. The number of hydrogen-bond donors (Lipinski definition) is 0. The van der Waals surface area contributed by atoms with Gasteiger partial charge < -0.3 is 4.74 Å². The third kappa shape index (κ3) is 685. The van der Waals surface area contributed by atoms with Crippen molar-refractivity contribution in [2.75, 3.05) is 13.7 Å². The zero-order valence-electron chi connectivity index (χ0n) is 6.69. The predicted octanol–water partition coefficient (Wildman–Crippen LogP) is 4.22. The van der Waals surface area contributed by atoms with E-state index in [1.54, 1.807) is 7.11 Å². The number of methoxy groups -OCH3 is 1. The summed E-state index contributed by atoms with van der Waals surface area (Å²) in [5.41, 5.74) is 0. The van der Waals surface area contributed by atoms with Gasteiger partial charge in [0.1, 0.15) is 0 Å². The summed E-state index contributed by atoms with van der Waals surface area (Å²) in [7, 11) is 1.68. The van der Waals surface area contributed by atoms with Crippen LogP contribution in [0.2, 0.25) is 0 Å². The van der Waals surface area contributed by atoms with E-state index in [4.69, 9.17) is 0 Å². The molecule has 0 unspecified atom stereocenters. The zero-order valence-corrected chi connectivity index (χ0v) is 6.69. The largest absolute Gasteiger partial charge is 0.385 e. The molecule has 0 bridgehead atoms. The summed E-state index contributed by atoms with van der Waals surface area (Å²) in [6, 6.07) is 0. The molecule has 0 aromatic rings. The molecule has 11 heavy (non-hydrogen) atoms. The minimum atomic E-state index is 0. The van der Waals surface area contributed by atoms with Crippen LogP contribution < -0.4 is 0 Å². The topological polar surface area (TPSA) is 9.23 Å². The number of hydrogen-bond acceptors (Lipinski definition) is 1. The van der Waals surface area contributed by atoms with Gasteiger partial charge in [-0.25, -0.2) is 0 Å². The highest BCUT2D eigenvalue weighted by Gasteiger charge is 1.68. The summed E-state index contributed by atoms with van der Waals surface area (Å²) in [4.78, 5) is 0. The summed E-state index contributed by atoms with van der Waals surface area (Å²) in [6.45, 7) is 9.28. The second-order valence-corrected chi connectivity index (χ2v) is 2.31. The molecule has 0 radical (unpaired) electrons. The fourth-order valence-electron chi connectivity index (χ4n) is 0. The van der Waals surface area contributed by atoms with Crippen molar-refractivity contribution in [3.05, 3.63) is 0 Å². The van der Waals surface area contributed by atoms with Gasteiger partial charge in [0.05, 0.1) is 0 Å². The molecule has 0 aliphatic carbocycles. The normalized spacial score (nSPS) is 6.00. The minimum absolute atomic E-state index is 0. The highest BCUT2D eigenvalue weighted by molar-refractivity contribution is 4.20. The van der Waals surface area contributed by atoms with Crippen LogP contribution in [-0.2, 0) is 4.74 Å². The Balaban J connectivity index is -0.0000000171. The van der Waals surface area contributed by atoms with E-state index in [9.17, 15) is 0 Å². The Kier molecular flexibility index (Phi) is 90.4. The molecule has 0 fully saturated rings. The summed E-state index contributed by atoms with van der Waals surface area (Å²) < 4.78 is 4.54. The van der Waals surface area contributed by atoms with Crippen LogP contribution in [0, 0.1) is 5.92 Å². The molecule has 0 aliphatic rings. The lowest BCUT2D eigenvalue weighted by Gasteiger charge is -1.79. The Labute approximate surface area is 75.2 Å². The predicted molar refractivity (Wildman–Crippen MR) is 58.3 cm³/mol. The molecule has 0 rings (SSSR count). The van der Waals surface area contributed by atoms with Gasteiger partial charge in [-0.15, -0.1) is 0 Å². The van der Waals surface area contributed by atoms with E-state index in [0.717, 1.165) is 12.5 Å². The molecular weight excluding hydrogens is 136 g/mol. The molecular formula is C10H30O. The van der Waals surface area contributed by atoms with Gasteiger partial charge in [0.25, 0.3) is 0 Å². The van der Waals surface area contributed by atoms with Crippen LogP contribution in [0.1, 0.15) is 50.0 Å². The third-order valence-corrected chi connectivity index (χ3v) is 0.289. The van der Waals surface area contributed by atoms with E-state index in [-0.39, 0.29) is 22.3 Å². The number of ether oxygens (including phenoxy) is 1. The maximum absolute atomic E-state index is 4.54. The first-order valence-electron chi connectivity index (χ1n) is 3.14. The molecule has 0 aromatic heterocycles. The van der Waals surface area contributed by atoms with E-state index < -0.39 is 0 Å². The van der Waals surface area contributed by atoms with E-state index in [1.165, 1.54) is 0 Å². The van der Waals surface area contributed by atoms with Crippen LogP contribution in [0.5, 0.6) is 0 Å².